The number of rotatable bonds is 4. The number of nitrogens with zero attached hydrogens (tertiary/aromatic N) is 2. The number of hydrogen-bond donors (Lipinski definition) is 3. The second-order valence-corrected chi connectivity index (χ2v) is 6.44. The second-order valence-electron chi connectivity index (χ2n) is 6.44. The van der Waals surface area contributed by atoms with Gasteiger partial charge in [0.05, 0.1) is 12.8 Å². The average molecular weight is 330 g/mol. The van der Waals surface area contributed by atoms with Gasteiger partial charge in [-0.15, -0.1) is 0 Å². The fraction of sp³-hybridized carbons (Fsp3) is 0.353. The van der Waals surface area contributed by atoms with Crippen LogP contribution in [-0.2, 0) is 5.41 Å². The number of carbonyl (C=O) groups is 1. The van der Waals surface area contributed by atoms with Crippen LogP contribution in [0.4, 0.5) is 0 Å². The maximum absolute atomic E-state index is 12.1. The lowest BCUT2D eigenvalue weighted by Gasteiger charge is -2.14. The molecule has 0 radical (unpaired) electrons. The summed E-state index contributed by atoms with van der Waals surface area (Å²) in [5.74, 6) is -0.00772. The molecule has 3 N–H and O–H groups in total. The molecule has 0 aliphatic carbocycles. The molecular weight excluding hydrogens is 308 g/mol. The number of aromatic hydroxyl groups is 1. The van der Waals surface area contributed by atoms with Gasteiger partial charge in [-0.25, -0.2) is 5.43 Å². The molecule has 1 aromatic heterocycles. The zero-order chi connectivity index (χ0) is 17.9. The number of nitrogens with one attached hydrogen (secondary N) is 2. The number of phenolic OH excluding ortho intramolecular Hbond substituents is 1. The molecule has 7 nitrogen and oxygen atoms in total. The quantitative estimate of drug-likeness (QED) is 0.592. The van der Waals surface area contributed by atoms with E-state index in [0.29, 0.717) is 11.5 Å². The molecule has 1 heterocycles. The molecule has 0 aliphatic heterocycles. The van der Waals surface area contributed by atoms with E-state index >= 15 is 0 Å². The number of ether oxygens (including phenoxy) is 1. The SMILES string of the molecule is COc1cc(C(C)=NNC(=O)c2cc(C(C)(C)C)[nH]n2)ccc1O. The van der Waals surface area contributed by atoms with E-state index < -0.39 is 5.91 Å². The summed E-state index contributed by atoms with van der Waals surface area (Å²) < 4.78 is 5.06. The van der Waals surface area contributed by atoms with Crippen molar-refractivity contribution in [2.24, 2.45) is 5.10 Å². The molecule has 1 aromatic carbocycles. The highest BCUT2D eigenvalue weighted by Crippen LogP contribution is 2.26. The summed E-state index contributed by atoms with van der Waals surface area (Å²) >= 11 is 0. The normalized spacial score (nSPS) is 12.1. The third-order valence-corrected chi connectivity index (χ3v) is 3.54. The first-order valence-electron chi connectivity index (χ1n) is 7.50. The Morgan fingerprint density at radius 2 is 2.04 bits per heavy atom. The van der Waals surface area contributed by atoms with Crippen LogP contribution >= 0.6 is 0 Å². The summed E-state index contributed by atoms with van der Waals surface area (Å²) in [7, 11) is 1.47. The van der Waals surface area contributed by atoms with Gasteiger partial charge in [-0.3, -0.25) is 9.89 Å². The van der Waals surface area contributed by atoms with Gasteiger partial charge in [0.1, 0.15) is 0 Å². The van der Waals surface area contributed by atoms with Gasteiger partial charge in [-0.1, -0.05) is 20.8 Å². The molecule has 0 atom stereocenters. The molecule has 128 valence electrons. The molecule has 0 saturated heterocycles. The Morgan fingerprint density at radius 1 is 1.33 bits per heavy atom. The molecule has 0 aliphatic rings. The topological polar surface area (TPSA) is 99.6 Å². The minimum Gasteiger partial charge on any atom is -0.504 e. The van der Waals surface area contributed by atoms with Gasteiger partial charge in [-0.2, -0.15) is 10.2 Å². The highest BCUT2D eigenvalue weighted by molar-refractivity contribution is 6.00. The van der Waals surface area contributed by atoms with Crippen molar-refractivity contribution in [2.75, 3.05) is 7.11 Å². The molecule has 1 amide bonds. The highest BCUT2D eigenvalue weighted by atomic mass is 16.5. The third-order valence-electron chi connectivity index (χ3n) is 3.54. The van der Waals surface area contributed by atoms with Crippen LogP contribution in [0.2, 0.25) is 0 Å². The molecule has 0 saturated carbocycles. The van der Waals surface area contributed by atoms with Gasteiger partial charge in [-0.05, 0) is 31.2 Å². The Balaban J connectivity index is 2.12. The van der Waals surface area contributed by atoms with Crippen LogP contribution in [-0.4, -0.2) is 34.0 Å². The summed E-state index contributed by atoms with van der Waals surface area (Å²) in [5.41, 5.74) is 4.81. The van der Waals surface area contributed by atoms with Crippen molar-refractivity contribution in [3.05, 3.63) is 41.2 Å². The molecule has 24 heavy (non-hydrogen) atoms. The number of methoxy groups -OCH3 is 1. The van der Waals surface area contributed by atoms with Crippen LogP contribution in [0.3, 0.4) is 0 Å². The Morgan fingerprint density at radius 3 is 2.62 bits per heavy atom. The zero-order valence-electron chi connectivity index (χ0n) is 14.5. The highest BCUT2D eigenvalue weighted by Gasteiger charge is 2.19. The number of aromatic amines is 1. The molecule has 0 spiro atoms. The zero-order valence-corrected chi connectivity index (χ0v) is 14.5. The molecule has 0 fully saturated rings. The van der Waals surface area contributed by atoms with E-state index in [1.165, 1.54) is 13.2 Å². The molecular formula is C17H22N4O3. The molecule has 0 bridgehead atoms. The van der Waals surface area contributed by atoms with Gasteiger partial charge in [0.25, 0.3) is 5.91 Å². The summed E-state index contributed by atoms with van der Waals surface area (Å²) in [6.45, 7) is 7.84. The first-order chi connectivity index (χ1) is 11.2. The number of carbonyl (C=O) groups excluding carboxylic acids is 1. The molecule has 2 rings (SSSR count). The van der Waals surface area contributed by atoms with Crippen LogP contribution in [0.1, 0.15) is 49.4 Å². The first-order valence-corrected chi connectivity index (χ1v) is 7.50. The lowest BCUT2D eigenvalue weighted by molar-refractivity contribution is 0.0950. The minimum atomic E-state index is -0.396. The largest absolute Gasteiger partial charge is 0.504 e. The minimum absolute atomic E-state index is 0.0457. The smallest absolute Gasteiger partial charge is 0.291 e. The van der Waals surface area contributed by atoms with Crippen molar-refractivity contribution < 1.29 is 14.6 Å². The lowest BCUT2D eigenvalue weighted by atomic mass is 9.92. The first kappa shape index (κ1) is 17.5. The average Bonchev–Trinajstić information content (AvgIpc) is 3.03. The van der Waals surface area contributed by atoms with Gasteiger partial charge in [0.2, 0.25) is 0 Å². The lowest BCUT2D eigenvalue weighted by Crippen LogP contribution is -2.19. The number of phenols is 1. The predicted octanol–water partition coefficient (Wildman–Crippen LogP) is 2.58. The van der Waals surface area contributed by atoms with Crippen molar-refractivity contribution in [1.29, 1.82) is 0 Å². The van der Waals surface area contributed by atoms with Crippen LogP contribution in [0.5, 0.6) is 11.5 Å². The summed E-state index contributed by atoms with van der Waals surface area (Å²) in [4.78, 5) is 12.1. The van der Waals surface area contributed by atoms with E-state index in [0.717, 1.165) is 11.3 Å². The van der Waals surface area contributed by atoms with E-state index in [2.05, 4.69) is 20.7 Å². The van der Waals surface area contributed by atoms with Crippen molar-refractivity contribution in [2.45, 2.75) is 33.1 Å². The number of aromatic nitrogens is 2. The number of hydrazone groups is 1. The Hall–Kier alpha value is -2.83. The van der Waals surface area contributed by atoms with Crippen LogP contribution in [0.15, 0.2) is 29.4 Å². The third kappa shape index (κ3) is 3.92. The summed E-state index contributed by atoms with van der Waals surface area (Å²) in [6, 6.07) is 6.56. The molecule has 2 aromatic rings. The maximum atomic E-state index is 12.1. The van der Waals surface area contributed by atoms with Crippen LogP contribution in [0, 0.1) is 0 Å². The van der Waals surface area contributed by atoms with E-state index in [-0.39, 0.29) is 16.9 Å². The predicted molar refractivity (Wildman–Crippen MR) is 91.6 cm³/mol. The summed E-state index contributed by atoms with van der Waals surface area (Å²) in [6.07, 6.45) is 0. The van der Waals surface area contributed by atoms with E-state index in [4.69, 9.17) is 4.74 Å². The van der Waals surface area contributed by atoms with E-state index in [1.807, 2.05) is 20.8 Å². The van der Waals surface area contributed by atoms with Crippen molar-refractivity contribution in [3.63, 3.8) is 0 Å². The van der Waals surface area contributed by atoms with E-state index in [9.17, 15) is 9.90 Å². The Kier molecular flexibility index (Phi) is 4.92. The van der Waals surface area contributed by atoms with Crippen molar-refractivity contribution in [3.8, 4) is 11.5 Å². The maximum Gasteiger partial charge on any atom is 0.291 e. The van der Waals surface area contributed by atoms with Crippen LogP contribution in [0.25, 0.3) is 0 Å². The van der Waals surface area contributed by atoms with Crippen molar-refractivity contribution in [1.82, 2.24) is 15.6 Å². The number of benzene rings is 1. The summed E-state index contributed by atoms with van der Waals surface area (Å²) in [5, 5.41) is 20.6. The number of amides is 1. The molecule has 7 heteroatoms. The number of hydrogen-bond acceptors (Lipinski definition) is 5. The van der Waals surface area contributed by atoms with Gasteiger partial charge in [0, 0.05) is 16.7 Å². The van der Waals surface area contributed by atoms with Crippen molar-refractivity contribution >= 4 is 11.6 Å². The Labute approximate surface area is 140 Å². The monoisotopic (exact) mass is 330 g/mol. The standard InChI is InChI=1S/C17H22N4O3/c1-10(11-6-7-13(22)14(8-11)24-5)18-21-16(23)12-9-15(20-19-12)17(2,3)4/h6-9,22H,1-5H3,(H,19,20)(H,21,23). The Bertz CT molecular complexity index is 772. The van der Waals surface area contributed by atoms with Gasteiger partial charge < -0.3 is 9.84 Å². The second kappa shape index (κ2) is 6.74. The fourth-order valence-corrected chi connectivity index (χ4v) is 1.98. The van der Waals surface area contributed by atoms with Crippen LogP contribution < -0.4 is 10.2 Å². The molecule has 0 unspecified atom stereocenters. The van der Waals surface area contributed by atoms with E-state index in [1.54, 1.807) is 25.1 Å². The fourth-order valence-electron chi connectivity index (χ4n) is 1.98. The van der Waals surface area contributed by atoms with Gasteiger partial charge in [0.15, 0.2) is 17.2 Å². The number of H-pyrrole nitrogens is 1. The van der Waals surface area contributed by atoms with Gasteiger partial charge >= 0.3 is 0 Å².